The van der Waals surface area contributed by atoms with Crippen LogP contribution in [-0.4, -0.2) is 47.0 Å². The minimum Gasteiger partial charge on any atom is -0.392 e. The van der Waals surface area contributed by atoms with E-state index in [9.17, 15) is 5.11 Å². The standard InChI is InChI=1S/C8H17NO2/c1-7(10)5-9-4-2-3-8(11)6-9/h7-8,10-11H,2-6H2,1H3/t7?,8-/m0/s1. The first-order valence-corrected chi connectivity index (χ1v) is 4.27. The molecule has 0 spiro atoms. The highest BCUT2D eigenvalue weighted by Gasteiger charge is 2.17. The Bertz CT molecular complexity index is 115. The van der Waals surface area contributed by atoms with E-state index in [0.29, 0.717) is 6.54 Å². The molecule has 1 heterocycles. The van der Waals surface area contributed by atoms with E-state index < -0.39 is 0 Å². The maximum atomic E-state index is 9.27. The number of rotatable bonds is 2. The van der Waals surface area contributed by atoms with Crippen LogP contribution in [0.25, 0.3) is 0 Å². The van der Waals surface area contributed by atoms with Gasteiger partial charge >= 0.3 is 0 Å². The molecule has 3 heteroatoms. The van der Waals surface area contributed by atoms with Crippen LogP contribution in [0.15, 0.2) is 0 Å². The van der Waals surface area contributed by atoms with E-state index in [1.54, 1.807) is 6.92 Å². The number of aliphatic hydroxyl groups is 2. The summed E-state index contributed by atoms with van der Waals surface area (Å²) in [6.07, 6.45) is 1.51. The van der Waals surface area contributed by atoms with Crippen LogP contribution in [0.5, 0.6) is 0 Å². The smallest absolute Gasteiger partial charge is 0.0667 e. The van der Waals surface area contributed by atoms with Gasteiger partial charge < -0.3 is 10.2 Å². The fourth-order valence-corrected chi connectivity index (χ4v) is 1.57. The molecule has 0 saturated carbocycles. The number of hydrogen-bond donors (Lipinski definition) is 2. The van der Waals surface area contributed by atoms with Crippen molar-refractivity contribution in [1.29, 1.82) is 0 Å². The largest absolute Gasteiger partial charge is 0.392 e. The number of likely N-dealkylation sites (tertiary alicyclic amines) is 1. The lowest BCUT2D eigenvalue weighted by atomic mass is 10.1. The molecule has 1 rings (SSSR count). The summed E-state index contributed by atoms with van der Waals surface area (Å²) in [4.78, 5) is 2.11. The Morgan fingerprint density at radius 3 is 2.91 bits per heavy atom. The van der Waals surface area contributed by atoms with Crippen molar-refractivity contribution in [2.24, 2.45) is 0 Å². The first-order valence-electron chi connectivity index (χ1n) is 4.27. The average molecular weight is 159 g/mol. The third kappa shape index (κ3) is 3.18. The van der Waals surface area contributed by atoms with Crippen molar-refractivity contribution in [2.75, 3.05) is 19.6 Å². The fourth-order valence-electron chi connectivity index (χ4n) is 1.57. The van der Waals surface area contributed by atoms with E-state index in [0.717, 1.165) is 25.9 Å². The summed E-state index contributed by atoms with van der Waals surface area (Å²) in [6.45, 7) is 4.21. The van der Waals surface area contributed by atoms with Crippen LogP contribution in [0.3, 0.4) is 0 Å². The molecule has 0 aliphatic carbocycles. The maximum Gasteiger partial charge on any atom is 0.0667 e. The molecule has 0 amide bonds. The van der Waals surface area contributed by atoms with Gasteiger partial charge in [-0.2, -0.15) is 0 Å². The van der Waals surface area contributed by atoms with E-state index in [-0.39, 0.29) is 12.2 Å². The van der Waals surface area contributed by atoms with E-state index in [1.807, 2.05) is 0 Å². The summed E-state index contributed by atoms with van der Waals surface area (Å²) >= 11 is 0. The number of aliphatic hydroxyl groups excluding tert-OH is 2. The molecule has 3 nitrogen and oxygen atoms in total. The molecule has 2 atom stereocenters. The van der Waals surface area contributed by atoms with E-state index >= 15 is 0 Å². The van der Waals surface area contributed by atoms with Crippen LogP contribution in [0.4, 0.5) is 0 Å². The Morgan fingerprint density at radius 2 is 2.36 bits per heavy atom. The molecular formula is C8H17NO2. The minimum atomic E-state index is -0.278. The predicted octanol–water partition coefficient (Wildman–Crippen LogP) is -0.176. The highest BCUT2D eigenvalue weighted by molar-refractivity contribution is 4.72. The van der Waals surface area contributed by atoms with Crippen molar-refractivity contribution < 1.29 is 10.2 Å². The zero-order chi connectivity index (χ0) is 8.27. The molecule has 1 aliphatic rings. The number of hydrogen-bond acceptors (Lipinski definition) is 3. The van der Waals surface area contributed by atoms with E-state index in [2.05, 4.69) is 4.90 Å². The van der Waals surface area contributed by atoms with Gasteiger partial charge in [-0.25, -0.2) is 0 Å². The molecule has 66 valence electrons. The second-order valence-electron chi connectivity index (χ2n) is 3.40. The monoisotopic (exact) mass is 159 g/mol. The van der Waals surface area contributed by atoms with Gasteiger partial charge in [-0.1, -0.05) is 0 Å². The van der Waals surface area contributed by atoms with Gasteiger partial charge in [0.1, 0.15) is 0 Å². The first-order chi connectivity index (χ1) is 5.18. The van der Waals surface area contributed by atoms with Gasteiger partial charge in [0, 0.05) is 13.1 Å². The molecule has 0 aromatic heterocycles. The van der Waals surface area contributed by atoms with Gasteiger partial charge in [-0.3, -0.25) is 4.90 Å². The quantitative estimate of drug-likeness (QED) is 0.587. The normalized spacial score (nSPS) is 30.3. The predicted molar refractivity (Wildman–Crippen MR) is 43.4 cm³/mol. The second-order valence-corrected chi connectivity index (χ2v) is 3.40. The van der Waals surface area contributed by atoms with Crippen molar-refractivity contribution in [3.63, 3.8) is 0 Å². The number of β-amino-alcohol motifs (C(OH)–C–C–N with tert-alkyl or cyclic N) is 2. The lowest BCUT2D eigenvalue weighted by Gasteiger charge is -2.30. The number of piperidine rings is 1. The van der Waals surface area contributed by atoms with E-state index in [4.69, 9.17) is 5.11 Å². The zero-order valence-electron chi connectivity index (χ0n) is 7.03. The van der Waals surface area contributed by atoms with Crippen molar-refractivity contribution in [3.8, 4) is 0 Å². The van der Waals surface area contributed by atoms with Crippen LogP contribution < -0.4 is 0 Å². The van der Waals surface area contributed by atoms with Crippen LogP contribution >= 0.6 is 0 Å². The molecule has 1 aliphatic heterocycles. The van der Waals surface area contributed by atoms with Crippen LogP contribution in [0.1, 0.15) is 19.8 Å². The second kappa shape index (κ2) is 4.04. The molecule has 1 fully saturated rings. The molecule has 2 N–H and O–H groups in total. The zero-order valence-corrected chi connectivity index (χ0v) is 7.03. The lowest BCUT2D eigenvalue weighted by molar-refractivity contribution is 0.0442. The summed E-state index contributed by atoms with van der Waals surface area (Å²) in [5.74, 6) is 0. The third-order valence-electron chi connectivity index (χ3n) is 2.00. The van der Waals surface area contributed by atoms with Crippen molar-refractivity contribution >= 4 is 0 Å². The van der Waals surface area contributed by atoms with Gasteiger partial charge in [0.15, 0.2) is 0 Å². The van der Waals surface area contributed by atoms with Crippen LogP contribution in [0, 0.1) is 0 Å². The maximum absolute atomic E-state index is 9.27. The van der Waals surface area contributed by atoms with E-state index in [1.165, 1.54) is 0 Å². The molecular weight excluding hydrogens is 142 g/mol. The van der Waals surface area contributed by atoms with Gasteiger partial charge in [0.05, 0.1) is 12.2 Å². The van der Waals surface area contributed by atoms with Crippen LogP contribution in [0.2, 0.25) is 0 Å². The topological polar surface area (TPSA) is 43.7 Å². The van der Waals surface area contributed by atoms with Crippen molar-refractivity contribution in [2.45, 2.75) is 32.0 Å². The molecule has 0 aromatic carbocycles. The summed E-state index contributed by atoms with van der Waals surface area (Å²) in [6, 6.07) is 0. The number of nitrogens with zero attached hydrogens (tertiary/aromatic N) is 1. The molecule has 11 heavy (non-hydrogen) atoms. The fraction of sp³-hybridized carbons (Fsp3) is 1.00. The van der Waals surface area contributed by atoms with Crippen LogP contribution in [-0.2, 0) is 0 Å². The molecule has 1 saturated heterocycles. The highest BCUT2D eigenvalue weighted by atomic mass is 16.3. The first kappa shape index (κ1) is 8.97. The molecule has 1 unspecified atom stereocenters. The van der Waals surface area contributed by atoms with Gasteiger partial charge in [-0.15, -0.1) is 0 Å². The molecule has 0 radical (unpaired) electrons. The Hall–Kier alpha value is -0.120. The van der Waals surface area contributed by atoms with Gasteiger partial charge in [0.25, 0.3) is 0 Å². The Morgan fingerprint density at radius 1 is 1.64 bits per heavy atom. The van der Waals surface area contributed by atoms with Crippen molar-refractivity contribution in [3.05, 3.63) is 0 Å². The summed E-state index contributed by atoms with van der Waals surface area (Å²) in [5.41, 5.74) is 0. The summed E-state index contributed by atoms with van der Waals surface area (Å²) in [5, 5.41) is 18.3. The van der Waals surface area contributed by atoms with Gasteiger partial charge in [-0.05, 0) is 26.3 Å². The average Bonchev–Trinajstić information content (AvgIpc) is 1.85. The minimum absolute atomic E-state index is 0.178. The highest BCUT2D eigenvalue weighted by Crippen LogP contribution is 2.09. The summed E-state index contributed by atoms with van der Waals surface area (Å²) < 4.78 is 0. The lowest BCUT2D eigenvalue weighted by Crippen LogP contribution is -2.41. The Kier molecular flexibility index (Phi) is 3.30. The molecule has 0 aromatic rings. The Labute approximate surface area is 67.6 Å². The summed E-state index contributed by atoms with van der Waals surface area (Å²) in [7, 11) is 0. The SMILES string of the molecule is CC(O)CN1CCC[C@H](O)C1. The third-order valence-corrected chi connectivity index (χ3v) is 2.00. The Balaban J connectivity index is 2.23. The van der Waals surface area contributed by atoms with Crippen molar-refractivity contribution in [1.82, 2.24) is 4.90 Å². The van der Waals surface area contributed by atoms with Gasteiger partial charge in [0.2, 0.25) is 0 Å². The molecule has 0 bridgehead atoms.